The molecule has 0 aromatic heterocycles. The molecule has 1 saturated carbocycles. The average molecular weight is 286 g/mol. The van der Waals surface area contributed by atoms with Crippen molar-refractivity contribution in [1.82, 2.24) is 10.2 Å². The fourth-order valence-corrected chi connectivity index (χ4v) is 3.65. The molecule has 19 heavy (non-hydrogen) atoms. The molecular formula is C13H22N2O3S. The highest BCUT2D eigenvalue weighted by Gasteiger charge is 2.37. The van der Waals surface area contributed by atoms with E-state index in [0.29, 0.717) is 26.1 Å². The summed E-state index contributed by atoms with van der Waals surface area (Å²) in [6, 6.07) is -0.105. The number of amides is 2. The molecule has 2 fully saturated rings. The molecular weight excluding hydrogens is 264 g/mol. The predicted octanol–water partition coefficient (Wildman–Crippen LogP) is 1.78. The number of thioether (sulfide) groups is 1. The summed E-state index contributed by atoms with van der Waals surface area (Å²) in [6.07, 6.45) is 7.10. The van der Waals surface area contributed by atoms with Crippen molar-refractivity contribution in [1.29, 1.82) is 0 Å². The summed E-state index contributed by atoms with van der Waals surface area (Å²) in [4.78, 5) is 24.7. The van der Waals surface area contributed by atoms with Crippen LogP contribution in [0.3, 0.4) is 0 Å². The Balaban J connectivity index is 1.81. The summed E-state index contributed by atoms with van der Waals surface area (Å²) in [7, 11) is 0. The molecule has 0 radical (unpaired) electrons. The highest BCUT2D eigenvalue weighted by Crippen LogP contribution is 2.42. The van der Waals surface area contributed by atoms with Gasteiger partial charge in [-0.25, -0.2) is 4.79 Å². The van der Waals surface area contributed by atoms with E-state index in [9.17, 15) is 9.59 Å². The molecule has 2 rings (SSSR count). The number of hydrogen-bond acceptors (Lipinski definition) is 3. The predicted molar refractivity (Wildman–Crippen MR) is 75.4 cm³/mol. The Labute approximate surface area is 118 Å². The number of carboxylic acids is 1. The van der Waals surface area contributed by atoms with Crippen molar-refractivity contribution in [2.75, 3.05) is 25.9 Å². The molecule has 1 aliphatic carbocycles. The van der Waals surface area contributed by atoms with Crippen LogP contribution in [0.25, 0.3) is 0 Å². The lowest BCUT2D eigenvalue weighted by Crippen LogP contribution is -2.51. The van der Waals surface area contributed by atoms with Gasteiger partial charge in [0.05, 0.1) is 5.92 Å². The molecule has 1 atom stereocenters. The van der Waals surface area contributed by atoms with Gasteiger partial charge < -0.3 is 15.3 Å². The highest BCUT2D eigenvalue weighted by molar-refractivity contribution is 8.00. The second-order valence-electron chi connectivity index (χ2n) is 5.52. The smallest absolute Gasteiger partial charge is 0.317 e. The minimum Gasteiger partial charge on any atom is -0.481 e. The van der Waals surface area contributed by atoms with Gasteiger partial charge in [-0.2, -0.15) is 11.8 Å². The number of nitrogens with zero attached hydrogens (tertiary/aromatic N) is 1. The summed E-state index contributed by atoms with van der Waals surface area (Å²) in [5.74, 6) is -1.20. The molecule has 2 amide bonds. The molecule has 1 aliphatic heterocycles. The van der Waals surface area contributed by atoms with Crippen LogP contribution in [-0.2, 0) is 4.79 Å². The van der Waals surface area contributed by atoms with E-state index in [1.165, 1.54) is 6.42 Å². The molecule has 108 valence electrons. The van der Waals surface area contributed by atoms with E-state index in [-0.39, 0.29) is 10.8 Å². The van der Waals surface area contributed by atoms with Gasteiger partial charge in [0.1, 0.15) is 0 Å². The first-order valence-corrected chi connectivity index (χ1v) is 8.09. The van der Waals surface area contributed by atoms with Crippen LogP contribution in [0.4, 0.5) is 4.79 Å². The fourth-order valence-electron chi connectivity index (χ4n) is 2.74. The second kappa shape index (κ2) is 6.03. The number of piperidine rings is 1. The third-order valence-corrected chi connectivity index (χ3v) is 5.74. The molecule has 0 aromatic rings. The Kier molecular flexibility index (Phi) is 4.60. The monoisotopic (exact) mass is 286 g/mol. The number of carbonyl (C=O) groups is 2. The van der Waals surface area contributed by atoms with E-state index >= 15 is 0 Å². The second-order valence-corrected chi connectivity index (χ2v) is 6.80. The zero-order valence-electron chi connectivity index (χ0n) is 11.4. The Bertz CT molecular complexity index is 352. The number of nitrogens with one attached hydrogen (secondary N) is 1. The van der Waals surface area contributed by atoms with Crippen LogP contribution in [-0.4, -0.2) is 52.6 Å². The number of urea groups is 1. The van der Waals surface area contributed by atoms with Gasteiger partial charge in [0.25, 0.3) is 0 Å². The molecule has 2 N–H and O–H groups in total. The average Bonchev–Trinajstić information content (AvgIpc) is 2.38. The number of aliphatic carboxylic acids is 1. The van der Waals surface area contributed by atoms with Gasteiger partial charge in [0.15, 0.2) is 0 Å². The standard InChI is InChI=1S/C13H22N2O3S/c1-19-13(5-3-6-13)9-14-12(18)15-7-2-4-10(8-15)11(16)17/h10H,2-9H2,1H3,(H,14,18)(H,16,17). The number of carbonyl (C=O) groups excluding carboxylic acids is 1. The number of carboxylic acid groups (broad SMARTS) is 1. The minimum atomic E-state index is -0.794. The first-order chi connectivity index (χ1) is 9.06. The summed E-state index contributed by atoms with van der Waals surface area (Å²) in [5, 5.41) is 12.0. The number of hydrogen-bond donors (Lipinski definition) is 2. The third-order valence-electron chi connectivity index (χ3n) is 4.32. The van der Waals surface area contributed by atoms with Crippen LogP contribution in [0.2, 0.25) is 0 Å². The molecule has 1 unspecified atom stereocenters. The maximum atomic E-state index is 12.1. The van der Waals surface area contributed by atoms with E-state index in [4.69, 9.17) is 5.11 Å². The van der Waals surface area contributed by atoms with Gasteiger partial charge in [0.2, 0.25) is 0 Å². The first-order valence-electron chi connectivity index (χ1n) is 6.87. The van der Waals surface area contributed by atoms with Gasteiger partial charge in [-0.15, -0.1) is 0 Å². The summed E-state index contributed by atoms with van der Waals surface area (Å²) in [6.45, 7) is 1.70. The number of rotatable bonds is 4. The van der Waals surface area contributed by atoms with E-state index in [2.05, 4.69) is 11.6 Å². The van der Waals surface area contributed by atoms with Gasteiger partial charge in [0, 0.05) is 24.4 Å². The van der Waals surface area contributed by atoms with Crippen LogP contribution < -0.4 is 5.32 Å². The van der Waals surface area contributed by atoms with Crippen molar-refractivity contribution in [2.24, 2.45) is 5.92 Å². The minimum absolute atomic E-state index is 0.105. The third kappa shape index (κ3) is 3.35. The molecule has 0 aromatic carbocycles. The van der Waals surface area contributed by atoms with Crippen LogP contribution >= 0.6 is 11.8 Å². The summed E-state index contributed by atoms with van der Waals surface area (Å²) < 4.78 is 0.220. The van der Waals surface area contributed by atoms with Gasteiger partial charge >= 0.3 is 12.0 Å². The summed E-state index contributed by atoms with van der Waals surface area (Å²) >= 11 is 1.83. The zero-order valence-corrected chi connectivity index (χ0v) is 12.2. The van der Waals surface area contributed by atoms with Crippen molar-refractivity contribution in [3.8, 4) is 0 Å². The topological polar surface area (TPSA) is 69.6 Å². The molecule has 0 bridgehead atoms. The first kappa shape index (κ1) is 14.5. The lowest BCUT2D eigenvalue weighted by Gasteiger charge is -2.41. The quantitative estimate of drug-likeness (QED) is 0.826. The van der Waals surface area contributed by atoms with Crippen molar-refractivity contribution in [2.45, 2.75) is 36.9 Å². The van der Waals surface area contributed by atoms with E-state index in [1.54, 1.807) is 4.90 Å². The SMILES string of the molecule is CSC1(CNC(=O)N2CCCC(C(=O)O)C2)CCC1. The van der Waals surface area contributed by atoms with Gasteiger partial charge in [-0.05, 0) is 31.9 Å². The Morgan fingerprint density at radius 1 is 1.42 bits per heavy atom. The lowest BCUT2D eigenvalue weighted by molar-refractivity contribution is -0.143. The van der Waals surface area contributed by atoms with Crippen LogP contribution in [0.15, 0.2) is 0 Å². The van der Waals surface area contributed by atoms with Crippen LogP contribution in [0.5, 0.6) is 0 Å². The van der Waals surface area contributed by atoms with Gasteiger partial charge in [-0.1, -0.05) is 6.42 Å². The Morgan fingerprint density at radius 2 is 2.16 bits per heavy atom. The van der Waals surface area contributed by atoms with Crippen molar-refractivity contribution in [3.63, 3.8) is 0 Å². The largest absolute Gasteiger partial charge is 0.481 e. The molecule has 2 aliphatic rings. The molecule has 1 saturated heterocycles. The molecule has 6 heteroatoms. The zero-order chi connectivity index (χ0) is 13.9. The van der Waals surface area contributed by atoms with Gasteiger partial charge in [-0.3, -0.25) is 4.79 Å². The highest BCUT2D eigenvalue weighted by atomic mass is 32.2. The van der Waals surface area contributed by atoms with Crippen LogP contribution in [0, 0.1) is 5.92 Å². The normalized spacial score (nSPS) is 25.5. The van der Waals surface area contributed by atoms with Crippen molar-refractivity contribution < 1.29 is 14.7 Å². The fraction of sp³-hybridized carbons (Fsp3) is 0.846. The maximum absolute atomic E-state index is 12.1. The molecule has 1 heterocycles. The van der Waals surface area contributed by atoms with Crippen molar-refractivity contribution >= 4 is 23.8 Å². The van der Waals surface area contributed by atoms with Crippen molar-refractivity contribution in [3.05, 3.63) is 0 Å². The van der Waals surface area contributed by atoms with Crippen LogP contribution in [0.1, 0.15) is 32.1 Å². The van der Waals surface area contributed by atoms with E-state index in [1.807, 2.05) is 11.8 Å². The summed E-state index contributed by atoms with van der Waals surface area (Å²) in [5.41, 5.74) is 0. The molecule has 0 spiro atoms. The van der Waals surface area contributed by atoms with E-state index < -0.39 is 11.9 Å². The maximum Gasteiger partial charge on any atom is 0.317 e. The lowest BCUT2D eigenvalue weighted by atomic mass is 9.84. The Morgan fingerprint density at radius 3 is 2.68 bits per heavy atom. The number of likely N-dealkylation sites (tertiary alicyclic amines) is 1. The Hall–Kier alpha value is -0.910. The molecule has 5 nitrogen and oxygen atoms in total. The van der Waals surface area contributed by atoms with E-state index in [0.717, 1.165) is 19.3 Å².